The molecule has 6 aromatic rings. The quantitative estimate of drug-likeness (QED) is 0.0373. The van der Waals surface area contributed by atoms with Gasteiger partial charge >= 0.3 is 11.9 Å². The zero-order valence-electron chi connectivity index (χ0n) is 41.7. The van der Waals surface area contributed by atoms with Crippen molar-refractivity contribution in [3.8, 4) is 0 Å². The summed E-state index contributed by atoms with van der Waals surface area (Å²) in [6.45, 7) is 5.84. The van der Waals surface area contributed by atoms with Gasteiger partial charge in [-0.15, -0.1) is 13.2 Å². The fourth-order valence-electron chi connectivity index (χ4n) is 4.33. The molecule has 3 heterocycles. The highest BCUT2D eigenvalue weighted by Gasteiger charge is 2.05. The molecule has 73 heavy (non-hydrogen) atoms. The summed E-state index contributed by atoms with van der Waals surface area (Å²) >= 11 is 0. The van der Waals surface area contributed by atoms with Gasteiger partial charge in [-0.2, -0.15) is 20.4 Å². The lowest BCUT2D eigenvalue weighted by molar-refractivity contribution is 0.0681. The Kier molecular flexibility index (Phi) is 32.4. The number of nitrogens with zero attached hydrogens (tertiary/aromatic N) is 8. The van der Waals surface area contributed by atoms with E-state index in [9.17, 15) is 33.6 Å². The second-order valence-corrected chi connectivity index (χ2v) is 14.4. The maximum Gasteiger partial charge on any atom is 0.335 e. The lowest BCUT2D eigenvalue weighted by Crippen LogP contribution is -2.02. The van der Waals surface area contributed by atoms with Crippen molar-refractivity contribution in [2.24, 2.45) is 20.4 Å². The van der Waals surface area contributed by atoms with E-state index >= 15 is 0 Å². The van der Waals surface area contributed by atoms with E-state index in [4.69, 9.17) is 24.2 Å². The van der Waals surface area contributed by atoms with E-state index in [0.717, 1.165) is 23.7 Å². The second kappa shape index (κ2) is 37.3. The Balaban J connectivity index is 0.000000857. The molecule has 0 saturated heterocycles. The van der Waals surface area contributed by atoms with Crippen molar-refractivity contribution < 1.29 is 62.1 Å². The van der Waals surface area contributed by atoms with Crippen LogP contribution < -0.4 is 0 Å². The molecule has 21 nitrogen and oxygen atoms in total. The predicted molar refractivity (Wildman–Crippen MR) is 279 cm³/mol. The summed E-state index contributed by atoms with van der Waals surface area (Å²) < 4.78 is 14.8. The zero-order valence-corrected chi connectivity index (χ0v) is 41.7. The highest BCUT2D eigenvalue weighted by Crippen LogP contribution is 2.07. The van der Waals surface area contributed by atoms with Crippen LogP contribution in [0.1, 0.15) is 102 Å². The summed E-state index contributed by atoms with van der Waals surface area (Å²) in [7, 11) is 15.0. The van der Waals surface area contributed by atoms with E-state index in [2.05, 4.69) is 38.0 Å². The zero-order chi connectivity index (χ0) is 55.1. The number of aromatic carboxylic acids is 2. The van der Waals surface area contributed by atoms with Gasteiger partial charge in [-0.05, 0) is 71.8 Å². The largest absolute Gasteiger partial charge is 0.478 e. The van der Waals surface area contributed by atoms with Gasteiger partial charge in [0.2, 0.25) is 0 Å². The molecule has 0 fully saturated rings. The van der Waals surface area contributed by atoms with Crippen LogP contribution in [0.3, 0.4) is 0 Å². The fourth-order valence-corrected chi connectivity index (χ4v) is 4.33. The minimum atomic E-state index is -1.06. The third kappa shape index (κ3) is 29.8. The van der Waals surface area contributed by atoms with Gasteiger partial charge < -0.3 is 48.6 Å². The minimum Gasteiger partial charge on any atom is -0.478 e. The smallest absolute Gasteiger partial charge is 0.335 e. The molecule has 0 atom stereocenters. The van der Waals surface area contributed by atoms with Gasteiger partial charge in [-0.1, -0.05) is 48.5 Å². The predicted octanol–water partition coefficient (Wildman–Crippen LogP) is 7.23. The molecule has 3 aromatic carbocycles. The first-order chi connectivity index (χ1) is 34.9. The number of hydrogen-bond donors (Lipinski definition) is 3. The monoisotopic (exact) mass is 1000 g/mol. The molecule has 21 heteroatoms. The summed E-state index contributed by atoms with van der Waals surface area (Å²) in [6, 6.07) is 29.2. The molecule has 0 saturated carbocycles. The van der Waals surface area contributed by atoms with E-state index in [-0.39, 0.29) is 35.0 Å². The number of furan rings is 3. The van der Waals surface area contributed by atoms with Crippen molar-refractivity contribution in [2.75, 3.05) is 56.4 Å². The normalized spacial score (nSPS) is 9.88. The van der Waals surface area contributed by atoms with E-state index in [0.29, 0.717) is 47.3 Å². The Hall–Kier alpha value is -9.63. The Labute approximate surface area is 422 Å². The number of aliphatic hydroxyl groups is 1. The van der Waals surface area contributed by atoms with Crippen molar-refractivity contribution in [1.82, 2.24) is 20.0 Å². The Morgan fingerprint density at radius 3 is 0.932 bits per heavy atom. The molecule has 0 bridgehead atoms. The van der Waals surface area contributed by atoms with Gasteiger partial charge in [0, 0.05) is 67.5 Å². The number of carbonyl (C=O) groups excluding carboxylic acids is 5. The first-order valence-corrected chi connectivity index (χ1v) is 21.1. The molecule has 0 aliphatic heterocycles. The molecule has 0 aliphatic rings. The number of rotatable bonds is 16. The van der Waals surface area contributed by atoms with Gasteiger partial charge in [0.25, 0.3) is 0 Å². The van der Waals surface area contributed by atoms with Crippen molar-refractivity contribution in [3.63, 3.8) is 0 Å². The molecule has 386 valence electrons. The van der Waals surface area contributed by atoms with Crippen LogP contribution in [0.2, 0.25) is 0 Å². The standard InChI is InChI=1S/C12H18N4.C10H16N4O.C8H6O4.C8H6O2.C6H6O3.C6H4O3.C2H4/c1-15(2)13-9-11-5-7-12(8-6-11)10-14-16(3)4;1-13(2)11-7-9-5-6-10(15-9)8-12-14(3)4;9-7(10)5-1-2-6(4-3-5)8(11)12;9-5-7-1-2-8(6-10)4-3-7;2*7-3-5-1-2-6(4-8)9-5;1-2/h5-10H,1-4H3;5-8H,1-4H3;1-4H,(H,9,10)(H,11,12);1-6H;1-3,8H,4H2;1-4H;1-2H2/b13-9+,14-10+;11-7+,12-8+;;;;;. The van der Waals surface area contributed by atoms with Crippen molar-refractivity contribution in [2.45, 2.75) is 6.61 Å². The number of aliphatic hydroxyl groups excluding tert-OH is 1. The van der Waals surface area contributed by atoms with Crippen LogP contribution in [0.4, 0.5) is 0 Å². The van der Waals surface area contributed by atoms with Crippen LogP contribution in [-0.4, -0.2) is 160 Å². The summed E-state index contributed by atoms with van der Waals surface area (Å²) in [5, 5.41) is 48.8. The van der Waals surface area contributed by atoms with Gasteiger partial charge in [0.15, 0.2) is 36.1 Å². The molecule has 0 radical (unpaired) electrons. The number of aldehydes is 5. The maximum absolute atomic E-state index is 10.3. The van der Waals surface area contributed by atoms with Crippen LogP contribution >= 0.6 is 0 Å². The van der Waals surface area contributed by atoms with Gasteiger partial charge in [0.1, 0.15) is 36.5 Å². The SMILES string of the molecule is C=C.CN(C)/N=C/c1ccc(/C=N/N(C)C)cc1.CN(C)/N=C/c1ccc(/C=N/N(C)C)o1.O=C(O)c1ccc(C(=O)O)cc1.O=Cc1ccc(C=O)cc1.O=Cc1ccc(C=O)o1.O=Cc1ccc(CO)o1. The summed E-state index contributed by atoms with van der Waals surface area (Å²) in [5.41, 5.74) is 3.50. The van der Waals surface area contributed by atoms with Crippen LogP contribution in [0, 0.1) is 0 Å². The van der Waals surface area contributed by atoms with Crippen LogP contribution in [0.25, 0.3) is 0 Å². The molecule has 0 spiro atoms. The highest BCUT2D eigenvalue weighted by atomic mass is 16.4. The number of carboxylic acid groups (broad SMARTS) is 2. The molecular formula is C52H60N8O13. The van der Waals surface area contributed by atoms with E-state index in [1.807, 2.05) is 105 Å². The fraction of sp³-hybridized carbons (Fsp3) is 0.173. The molecule has 0 unspecified atom stereocenters. The minimum absolute atomic E-state index is 0.0833. The number of hydrogen-bond acceptors (Lipinski definition) is 19. The molecule has 6 rings (SSSR count). The second-order valence-electron chi connectivity index (χ2n) is 14.4. The number of carboxylic acids is 2. The van der Waals surface area contributed by atoms with E-state index < -0.39 is 11.9 Å². The van der Waals surface area contributed by atoms with Crippen LogP contribution in [0.15, 0.2) is 156 Å². The average Bonchev–Trinajstić information content (AvgIpc) is 4.20. The Morgan fingerprint density at radius 1 is 0.411 bits per heavy atom. The third-order valence-electron chi connectivity index (χ3n) is 7.71. The molecule has 0 amide bonds. The van der Waals surface area contributed by atoms with Gasteiger partial charge in [0.05, 0.1) is 36.0 Å². The molecule has 3 N–H and O–H groups in total. The molecule has 0 aliphatic carbocycles. The summed E-state index contributed by atoms with van der Waals surface area (Å²) in [5.74, 6) is 0.317. The topological polar surface area (TPSA) is 282 Å². The highest BCUT2D eigenvalue weighted by molar-refractivity contribution is 5.91. The summed E-state index contributed by atoms with van der Waals surface area (Å²) in [6.07, 6.45) is 10.2. The lowest BCUT2D eigenvalue weighted by Gasteiger charge is -2.03. The van der Waals surface area contributed by atoms with E-state index in [1.54, 1.807) is 62.8 Å². The van der Waals surface area contributed by atoms with Crippen LogP contribution in [-0.2, 0) is 6.61 Å². The first-order valence-electron chi connectivity index (χ1n) is 21.1. The van der Waals surface area contributed by atoms with Gasteiger partial charge in [-0.25, -0.2) is 9.59 Å². The number of benzene rings is 3. The maximum atomic E-state index is 10.3. The Bertz CT molecular complexity index is 2510. The van der Waals surface area contributed by atoms with Crippen molar-refractivity contribution in [1.29, 1.82) is 0 Å². The van der Waals surface area contributed by atoms with Crippen molar-refractivity contribution in [3.05, 3.63) is 190 Å². The van der Waals surface area contributed by atoms with Crippen LogP contribution in [0.5, 0.6) is 0 Å². The lowest BCUT2D eigenvalue weighted by atomic mass is 10.1. The molecular weight excluding hydrogens is 945 g/mol. The third-order valence-corrected chi connectivity index (χ3v) is 7.71. The van der Waals surface area contributed by atoms with E-state index in [1.165, 1.54) is 42.5 Å². The summed E-state index contributed by atoms with van der Waals surface area (Å²) in [4.78, 5) is 70.7. The first kappa shape index (κ1) is 63.4. The number of carbonyl (C=O) groups is 7. The Morgan fingerprint density at radius 2 is 0.685 bits per heavy atom. The van der Waals surface area contributed by atoms with Crippen molar-refractivity contribution >= 4 is 68.2 Å². The van der Waals surface area contributed by atoms with Gasteiger partial charge in [-0.3, -0.25) is 24.0 Å². The average molecular weight is 1010 g/mol. The number of hydrazone groups is 4. The molecule has 3 aromatic heterocycles.